The first-order chi connectivity index (χ1) is 31.6. The van der Waals surface area contributed by atoms with E-state index in [0.717, 1.165) is 33.4 Å². The Hall–Kier alpha value is -5.08. The van der Waals surface area contributed by atoms with Crippen molar-refractivity contribution in [1.82, 2.24) is 0 Å². The highest BCUT2D eigenvalue weighted by Gasteiger charge is 2.55. The zero-order valence-corrected chi connectivity index (χ0v) is 36.0. The van der Waals surface area contributed by atoms with Gasteiger partial charge in [0.1, 0.15) is 42.7 Å². The van der Waals surface area contributed by atoms with Crippen LogP contribution in [0.5, 0.6) is 0 Å². The van der Waals surface area contributed by atoms with E-state index in [4.69, 9.17) is 47.4 Å². The minimum absolute atomic E-state index is 0.231. The molecular formula is C54H56O10. The fraction of sp³-hybridized carbons (Fsp3) is 0.333. The van der Waals surface area contributed by atoms with E-state index in [9.17, 15) is 0 Å². The maximum Gasteiger partial charge on any atom is 0.187 e. The van der Waals surface area contributed by atoms with Gasteiger partial charge in [-0.3, -0.25) is 0 Å². The molecule has 0 aromatic heterocycles. The second-order valence-corrected chi connectivity index (χ2v) is 16.4. The minimum atomic E-state index is -0.973. The van der Waals surface area contributed by atoms with Crippen LogP contribution in [0.4, 0.5) is 0 Å². The lowest BCUT2D eigenvalue weighted by Crippen LogP contribution is -2.67. The molecular weight excluding hydrogens is 809 g/mol. The molecule has 3 saturated heterocycles. The minimum Gasteiger partial charge on any atom is -0.368 e. The molecule has 6 aromatic carbocycles. The molecule has 0 N–H and O–H groups in total. The van der Waals surface area contributed by atoms with Crippen molar-refractivity contribution in [2.45, 2.75) is 108 Å². The van der Waals surface area contributed by atoms with Crippen molar-refractivity contribution in [2.75, 3.05) is 6.61 Å². The largest absolute Gasteiger partial charge is 0.368 e. The molecule has 9 rings (SSSR count). The first kappa shape index (κ1) is 44.1. The third-order valence-corrected chi connectivity index (χ3v) is 11.8. The van der Waals surface area contributed by atoms with Gasteiger partial charge >= 0.3 is 0 Å². The maximum atomic E-state index is 7.39. The summed E-state index contributed by atoms with van der Waals surface area (Å²) < 4.78 is 68.6. The van der Waals surface area contributed by atoms with Crippen LogP contribution in [0, 0.1) is 0 Å². The fourth-order valence-electron chi connectivity index (χ4n) is 8.44. The fourth-order valence-corrected chi connectivity index (χ4v) is 8.44. The van der Waals surface area contributed by atoms with Crippen LogP contribution >= 0.6 is 0 Å². The summed E-state index contributed by atoms with van der Waals surface area (Å²) >= 11 is 0. The Bertz CT molecular complexity index is 2240. The average Bonchev–Trinajstić information content (AvgIpc) is 3.36. The van der Waals surface area contributed by atoms with Gasteiger partial charge in [-0.05, 0) is 34.7 Å². The van der Waals surface area contributed by atoms with E-state index in [1.807, 2.05) is 177 Å². The summed E-state index contributed by atoms with van der Waals surface area (Å²) in [4.78, 5) is 0. The molecule has 332 valence electrons. The standard InChI is InChI=1S/C54H56O10/c1-38-46(55-32-39-20-8-2-9-21-39)48(56-33-40-22-10-3-11-23-40)50(57-34-41-24-12-4-13-25-41)54(61-38)64-49-47-45(37-60-52(63-47)44-30-18-7-19-31-44)62-53(59-36-43-28-16-6-17-29-43)51(49)58-35-42-26-14-5-15-27-42/h2-31,38,45-54H,32-37H2,1H3. The molecule has 11 atom stereocenters. The van der Waals surface area contributed by atoms with Crippen LogP contribution in [0.1, 0.15) is 46.6 Å². The summed E-state index contributed by atoms with van der Waals surface area (Å²) in [5, 5.41) is 0. The Morgan fingerprint density at radius 3 is 1.25 bits per heavy atom. The summed E-state index contributed by atoms with van der Waals surface area (Å²) in [6.45, 7) is 3.73. The molecule has 10 heteroatoms. The zero-order valence-electron chi connectivity index (χ0n) is 36.0. The molecule has 0 radical (unpaired) electrons. The Balaban J connectivity index is 1.08. The highest BCUT2D eigenvalue weighted by Crippen LogP contribution is 2.40. The zero-order chi connectivity index (χ0) is 43.3. The van der Waals surface area contributed by atoms with E-state index >= 15 is 0 Å². The number of rotatable bonds is 18. The predicted molar refractivity (Wildman–Crippen MR) is 239 cm³/mol. The lowest BCUT2D eigenvalue weighted by molar-refractivity contribution is -0.400. The van der Waals surface area contributed by atoms with Gasteiger partial charge in [-0.2, -0.15) is 0 Å². The second kappa shape index (κ2) is 22.2. The third-order valence-electron chi connectivity index (χ3n) is 11.8. The monoisotopic (exact) mass is 864 g/mol. The number of hydrogen-bond acceptors (Lipinski definition) is 10. The topological polar surface area (TPSA) is 92.3 Å². The van der Waals surface area contributed by atoms with E-state index in [1.165, 1.54) is 0 Å². The molecule has 0 spiro atoms. The van der Waals surface area contributed by atoms with Crippen LogP contribution in [-0.2, 0) is 80.4 Å². The van der Waals surface area contributed by atoms with Gasteiger partial charge in [0.15, 0.2) is 18.9 Å². The summed E-state index contributed by atoms with van der Waals surface area (Å²) in [7, 11) is 0. The van der Waals surface area contributed by atoms with Gasteiger partial charge in [0.05, 0.1) is 45.7 Å². The Kier molecular flexibility index (Phi) is 15.3. The highest BCUT2D eigenvalue weighted by atomic mass is 16.8. The summed E-state index contributed by atoms with van der Waals surface area (Å²) in [6.07, 6.45) is -7.75. The van der Waals surface area contributed by atoms with Crippen LogP contribution in [0.15, 0.2) is 182 Å². The van der Waals surface area contributed by atoms with Crippen LogP contribution < -0.4 is 0 Å². The first-order valence-corrected chi connectivity index (χ1v) is 22.2. The van der Waals surface area contributed by atoms with Gasteiger partial charge in [-0.25, -0.2) is 0 Å². The average molecular weight is 865 g/mol. The predicted octanol–water partition coefficient (Wildman–Crippen LogP) is 9.51. The van der Waals surface area contributed by atoms with E-state index in [-0.39, 0.29) is 26.4 Å². The SMILES string of the molecule is CC1OC(OC2C3OC(c4ccccc4)OCC3OC(OCc3ccccc3)C2OCc2ccccc2)C(OCc2ccccc2)C(OCc2ccccc2)C1OCc1ccccc1. The van der Waals surface area contributed by atoms with Crippen molar-refractivity contribution in [3.8, 4) is 0 Å². The number of hydrogen-bond donors (Lipinski definition) is 0. The molecule has 3 aliphatic heterocycles. The highest BCUT2D eigenvalue weighted by molar-refractivity contribution is 5.19. The summed E-state index contributed by atoms with van der Waals surface area (Å²) in [6, 6.07) is 60.2. The molecule has 0 aliphatic carbocycles. The molecule has 3 fully saturated rings. The van der Waals surface area contributed by atoms with E-state index in [0.29, 0.717) is 13.2 Å². The molecule has 3 heterocycles. The molecule has 3 aliphatic rings. The van der Waals surface area contributed by atoms with Gasteiger partial charge < -0.3 is 47.4 Å². The Morgan fingerprint density at radius 1 is 0.391 bits per heavy atom. The van der Waals surface area contributed by atoms with Crippen molar-refractivity contribution < 1.29 is 47.4 Å². The van der Waals surface area contributed by atoms with Crippen LogP contribution in [-0.4, -0.2) is 68.0 Å². The van der Waals surface area contributed by atoms with Crippen LogP contribution in [0.2, 0.25) is 0 Å². The van der Waals surface area contributed by atoms with Crippen molar-refractivity contribution in [3.05, 3.63) is 215 Å². The number of ether oxygens (including phenoxy) is 10. The van der Waals surface area contributed by atoms with Crippen LogP contribution in [0.3, 0.4) is 0 Å². The number of fused-ring (bicyclic) bond motifs is 1. The summed E-state index contributed by atoms with van der Waals surface area (Å²) in [5.41, 5.74) is 5.90. The van der Waals surface area contributed by atoms with Gasteiger partial charge in [0.2, 0.25) is 0 Å². The lowest BCUT2D eigenvalue weighted by Gasteiger charge is -2.51. The van der Waals surface area contributed by atoms with Crippen molar-refractivity contribution in [3.63, 3.8) is 0 Å². The van der Waals surface area contributed by atoms with Crippen LogP contribution in [0.25, 0.3) is 0 Å². The van der Waals surface area contributed by atoms with Gasteiger partial charge in [0.25, 0.3) is 0 Å². The van der Waals surface area contributed by atoms with E-state index in [2.05, 4.69) is 12.1 Å². The summed E-state index contributed by atoms with van der Waals surface area (Å²) in [5.74, 6) is 0. The normalized spacial score (nSPS) is 28.0. The molecule has 64 heavy (non-hydrogen) atoms. The molecule has 6 aromatic rings. The van der Waals surface area contributed by atoms with Crippen molar-refractivity contribution >= 4 is 0 Å². The van der Waals surface area contributed by atoms with Gasteiger partial charge in [0, 0.05) is 5.56 Å². The van der Waals surface area contributed by atoms with Crippen molar-refractivity contribution in [1.29, 1.82) is 0 Å². The molecule has 0 amide bonds. The molecule has 10 nitrogen and oxygen atoms in total. The quantitative estimate of drug-likeness (QED) is 0.0833. The molecule has 11 unspecified atom stereocenters. The lowest BCUT2D eigenvalue weighted by atomic mass is 9.95. The smallest absolute Gasteiger partial charge is 0.187 e. The Morgan fingerprint density at radius 2 is 0.781 bits per heavy atom. The number of benzene rings is 6. The van der Waals surface area contributed by atoms with Crippen molar-refractivity contribution in [2.24, 2.45) is 0 Å². The first-order valence-electron chi connectivity index (χ1n) is 22.2. The molecule has 0 saturated carbocycles. The van der Waals surface area contributed by atoms with Gasteiger partial charge in [-0.15, -0.1) is 0 Å². The second-order valence-electron chi connectivity index (χ2n) is 16.4. The van der Waals surface area contributed by atoms with E-state index < -0.39 is 67.7 Å². The van der Waals surface area contributed by atoms with E-state index in [1.54, 1.807) is 0 Å². The third kappa shape index (κ3) is 11.4. The Labute approximate surface area is 375 Å². The molecule has 0 bridgehead atoms. The van der Waals surface area contributed by atoms with Gasteiger partial charge in [-0.1, -0.05) is 182 Å². The maximum absolute atomic E-state index is 7.39.